The summed E-state index contributed by atoms with van der Waals surface area (Å²) in [6.45, 7) is 5.61. The highest BCUT2D eigenvalue weighted by Crippen LogP contribution is 2.28. The quantitative estimate of drug-likeness (QED) is 0.773. The molecule has 0 aromatic carbocycles. The van der Waals surface area contributed by atoms with Gasteiger partial charge in [0.2, 0.25) is 5.91 Å². The third-order valence-corrected chi connectivity index (χ3v) is 6.02. The van der Waals surface area contributed by atoms with Gasteiger partial charge in [0, 0.05) is 12.3 Å². The molecule has 124 valence electrons. The number of carbonyl (C=O) groups excluding carboxylic acids is 1. The molecule has 1 amide bonds. The summed E-state index contributed by atoms with van der Waals surface area (Å²) in [5, 5.41) is 0. The topological polar surface area (TPSA) is 24.8 Å². The van der Waals surface area contributed by atoms with Crippen LogP contribution in [-0.4, -0.2) is 43.5 Å². The molecule has 1 heterocycles. The summed E-state index contributed by atoms with van der Waals surface area (Å²) in [5.41, 5.74) is 0. The van der Waals surface area contributed by atoms with Gasteiger partial charge in [0.1, 0.15) is 0 Å². The maximum atomic E-state index is 12.4. The van der Waals surface area contributed by atoms with E-state index in [1.165, 1.54) is 51.5 Å². The summed E-state index contributed by atoms with van der Waals surface area (Å²) in [7, 11) is 0. The van der Waals surface area contributed by atoms with Gasteiger partial charge < -0.3 is 9.80 Å². The number of nitrogens with one attached hydrogen (secondary N) is 1. The lowest BCUT2D eigenvalue weighted by molar-refractivity contribution is -0.907. The Hall–Kier alpha value is -0.830. The number of amides is 1. The third kappa shape index (κ3) is 4.58. The van der Waals surface area contributed by atoms with E-state index < -0.39 is 0 Å². The predicted molar refractivity (Wildman–Crippen MR) is 89.8 cm³/mol. The smallest absolute Gasteiger partial charge is 0.222 e. The monoisotopic (exact) mass is 305 g/mol. The molecule has 0 radical (unpaired) electrons. The molecule has 0 bridgehead atoms. The summed E-state index contributed by atoms with van der Waals surface area (Å²) in [4.78, 5) is 16.2. The van der Waals surface area contributed by atoms with E-state index in [0.717, 1.165) is 50.9 Å². The molecule has 0 aromatic heterocycles. The van der Waals surface area contributed by atoms with Crippen LogP contribution in [0.5, 0.6) is 0 Å². The van der Waals surface area contributed by atoms with Crippen LogP contribution in [0.1, 0.15) is 57.8 Å². The average molecular weight is 305 g/mol. The lowest BCUT2D eigenvalue weighted by atomic mass is 9.94. The van der Waals surface area contributed by atoms with Crippen molar-refractivity contribution < 1.29 is 9.69 Å². The zero-order valence-corrected chi connectivity index (χ0v) is 14.1. The Balaban J connectivity index is 1.33. The molecule has 22 heavy (non-hydrogen) atoms. The summed E-state index contributed by atoms with van der Waals surface area (Å²) >= 11 is 0. The summed E-state index contributed by atoms with van der Waals surface area (Å²) in [6.07, 6.45) is 16.0. The van der Waals surface area contributed by atoms with Gasteiger partial charge in [-0.15, -0.1) is 0 Å². The zero-order chi connectivity index (χ0) is 15.2. The molecule has 2 fully saturated rings. The summed E-state index contributed by atoms with van der Waals surface area (Å²) < 4.78 is 0. The van der Waals surface area contributed by atoms with E-state index >= 15 is 0 Å². The van der Waals surface area contributed by atoms with Crippen molar-refractivity contribution in [3.63, 3.8) is 0 Å². The van der Waals surface area contributed by atoms with Crippen molar-refractivity contribution in [3.8, 4) is 0 Å². The van der Waals surface area contributed by atoms with E-state index in [4.69, 9.17) is 0 Å². The average Bonchev–Trinajstić information content (AvgIpc) is 3.08. The highest BCUT2D eigenvalue weighted by molar-refractivity contribution is 5.76. The lowest BCUT2D eigenvalue weighted by Gasteiger charge is -2.34. The molecule has 2 aliphatic carbocycles. The first-order valence-electron chi connectivity index (χ1n) is 9.57. The Bertz CT molecular complexity index is 379. The molecule has 1 saturated heterocycles. The van der Waals surface area contributed by atoms with Crippen molar-refractivity contribution in [1.82, 2.24) is 4.90 Å². The van der Waals surface area contributed by atoms with Gasteiger partial charge in [0.15, 0.2) is 0 Å². The van der Waals surface area contributed by atoms with Gasteiger partial charge in [0.05, 0.1) is 32.7 Å². The van der Waals surface area contributed by atoms with Crippen LogP contribution in [-0.2, 0) is 4.79 Å². The van der Waals surface area contributed by atoms with Crippen LogP contribution in [0.15, 0.2) is 12.2 Å². The van der Waals surface area contributed by atoms with E-state index in [1.807, 2.05) is 0 Å². The number of hydrogen-bond acceptors (Lipinski definition) is 1. The van der Waals surface area contributed by atoms with Crippen LogP contribution >= 0.6 is 0 Å². The molecule has 0 spiro atoms. The van der Waals surface area contributed by atoms with Crippen molar-refractivity contribution in [2.45, 2.75) is 57.8 Å². The fourth-order valence-electron chi connectivity index (χ4n) is 4.51. The first kappa shape index (κ1) is 16.0. The van der Waals surface area contributed by atoms with E-state index in [-0.39, 0.29) is 0 Å². The minimum Gasteiger partial charge on any atom is -0.332 e. The van der Waals surface area contributed by atoms with Crippen LogP contribution in [0.2, 0.25) is 0 Å². The Morgan fingerprint density at radius 1 is 1.05 bits per heavy atom. The molecule has 1 aliphatic heterocycles. The minimum atomic E-state index is 0.423. The molecule has 1 saturated carbocycles. The van der Waals surface area contributed by atoms with E-state index in [0.29, 0.717) is 5.91 Å². The molecule has 3 nitrogen and oxygen atoms in total. The third-order valence-electron chi connectivity index (χ3n) is 6.02. The molecule has 3 heteroatoms. The van der Waals surface area contributed by atoms with Crippen LogP contribution in [0.4, 0.5) is 0 Å². The van der Waals surface area contributed by atoms with Crippen LogP contribution in [0.25, 0.3) is 0 Å². The van der Waals surface area contributed by atoms with E-state index in [1.54, 1.807) is 4.90 Å². The number of nitrogens with zero attached hydrogens (tertiary/aromatic N) is 1. The zero-order valence-electron chi connectivity index (χ0n) is 14.1. The maximum Gasteiger partial charge on any atom is 0.222 e. The predicted octanol–water partition coefficient (Wildman–Crippen LogP) is 2.04. The highest BCUT2D eigenvalue weighted by atomic mass is 16.2. The van der Waals surface area contributed by atoms with E-state index in [2.05, 4.69) is 17.1 Å². The summed E-state index contributed by atoms with van der Waals surface area (Å²) in [6, 6.07) is 0. The van der Waals surface area contributed by atoms with Crippen LogP contribution in [0.3, 0.4) is 0 Å². The number of rotatable bonds is 5. The summed E-state index contributed by atoms with van der Waals surface area (Å²) in [5.74, 6) is 2.14. The van der Waals surface area contributed by atoms with Gasteiger partial charge in [-0.05, 0) is 31.6 Å². The molecular formula is C19H33N2O+. The maximum absolute atomic E-state index is 12.4. The SMILES string of the molecule is O=C(CCC1CCCC1)N1CC[NH+](CC2CC=CCC2)CC1. The van der Waals surface area contributed by atoms with Crippen LogP contribution in [0, 0.1) is 11.8 Å². The minimum absolute atomic E-state index is 0.423. The van der Waals surface area contributed by atoms with Crippen molar-refractivity contribution in [2.24, 2.45) is 11.8 Å². The van der Waals surface area contributed by atoms with Gasteiger partial charge >= 0.3 is 0 Å². The van der Waals surface area contributed by atoms with Gasteiger partial charge in [-0.25, -0.2) is 0 Å². The standard InChI is InChI=1S/C19H32N2O/c22-19(11-10-17-6-4-5-7-17)21-14-12-20(13-15-21)16-18-8-2-1-3-9-18/h1-2,17-18H,3-16H2/p+1. The molecule has 3 aliphatic rings. The van der Waals surface area contributed by atoms with Gasteiger partial charge in [-0.3, -0.25) is 4.79 Å². The van der Waals surface area contributed by atoms with Crippen molar-refractivity contribution in [3.05, 3.63) is 12.2 Å². The Labute approximate surface area is 135 Å². The fraction of sp³-hybridized carbons (Fsp3) is 0.842. The number of quaternary nitrogens is 1. The second kappa shape index (κ2) is 8.14. The van der Waals surface area contributed by atoms with Crippen LogP contribution < -0.4 is 4.90 Å². The molecule has 0 aromatic rings. The van der Waals surface area contributed by atoms with Crippen molar-refractivity contribution >= 4 is 5.91 Å². The number of carbonyl (C=O) groups is 1. The van der Waals surface area contributed by atoms with E-state index in [9.17, 15) is 4.79 Å². The van der Waals surface area contributed by atoms with Gasteiger partial charge in [-0.1, -0.05) is 37.8 Å². The van der Waals surface area contributed by atoms with Gasteiger partial charge in [-0.2, -0.15) is 0 Å². The number of hydrogen-bond donors (Lipinski definition) is 1. The number of piperazine rings is 1. The second-order valence-electron chi connectivity index (χ2n) is 7.67. The normalized spacial score (nSPS) is 27.5. The highest BCUT2D eigenvalue weighted by Gasteiger charge is 2.26. The molecular weight excluding hydrogens is 272 g/mol. The van der Waals surface area contributed by atoms with Crippen molar-refractivity contribution in [1.29, 1.82) is 0 Å². The fourth-order valence-corrected chi connectivity index (χ4v) is 4.51. The van der Waals surface area contributed by atoms with Crippen molar-refractivity contribution in [2.75, 3.05) is 32.7 Å². The molecule has 1 unspecified atom stereocenters. The largest absolute Gasteiger partial charge is 0.332 e. The first-order valence-corrected chi connectivity index (χ1v) is 9.57. The number of allylic oxidation sites excluding steroid dienone is 2. The Morgan fingerprint density at radius 3 is 2.50 bits per heavy atom. The molecule has 1 atom stereocenters. The second-order valence-corrected chi connectivity index (χ2v) is 7.67. The Kier molecular flexibility index (Phi) is 5.94. The Morgan fingerprint density at radius 2 is 1.82 bits per heavy atom. The van der Waals surface area contributed by atoms with Gasteiger partial charge in [0.25, 0.3) is 0 Å². The lowest BCUT2D eigenvalue weighted by Crippen LogP contribution is -3.15. The molecule has 1 N–H and O–H groups in total. The first-order chi connectivity index (χ1) is 10.8. The molecule has 3 rings (SSSR count).